The van der Waals surface area contributed by atoms with Crippen LogP contribution in [-0.4, -0.2) is 39.8 Å². The fraction of sp³-hybridized carbons (Fsp3) is 0.429. The highest BCUT2D eigenvalue weighted by Crippen LogP contribution is 2.42. The number of phenols is 1. The van der Waals surface area contributed by atoms with E-state index in [1.807, 2.05) is 6.26 Å². The molecule has 0 atom stereocenters. The van der Waals surface area contributed by atoms with Crippen molar-refractivity contribution < 1.29 is 19.8 Å². The highest BCUT2D eigenvalue weighted by molar-refractivity contribution is 8.00. The van der Waals surface area contributed by atoms with Crippen LogP contribution in [0.1, 0.15) is 29.6 Å². The molecule has 1 aliphatic rings. The zero-order chi connectivity index (χ0) is 15.5. The summed E-state index contributed by atoms with van der Waals surface area (Å²) in [6.45, 7) is 0.555. The van der Waals surface area contributed by atoms with Gasteiger partial charge in [-0.3, -0.25) is 0 Å². The van der Waals surface area contributed by atoms with E-state index in [4.69, 9.17) is 5.11 Å². The molecule has 1 aromatic rings. The standard InChI is InChI=1S/C14H18N2O4S/c1-21-14(6-3-7-14)8-15-13(20)16-10-5-2-4-9(11(10)17)12(18)19/h2,4-5,17H,3,6-8H2,1H3,(H,18,19)(H2,15,16,20). The molecule has 0 radical (unpaired) electrons. The second-order valence-corrected chi connectivity index (χ2v) is 6.33. The molecule has 0 aromatic heterocycles. The van der Waals surface area contributed by atoms with Gasteiger partial charge in [-0.05, 0) is 31.2 Å². The van der Waals surface area contributed by atoms with Crippen molar-refractivity contribution in [2.75, 3.05) is 18.1 Å². The molecular formula is C14H18N2O4S. The van der Waals surface area contributed by atoms with E-state index < -0.39 is 17.7 Å². The number of aromatic hydroxyl groups is 1. The largest absolute Gasteiger partial charge is 0.505 e. The molecule has 4 N–H and O–H groups in total. The molecule has 0 heterocycles. The average Bonchev–Trinajstić information content (AvgIpc) is 2.40. The predicted molar refractivity (Wildman–Crippen MR) is 82.2 cm³/mol. The Morgan fingerprint density at radius 2 is 2.10 bits per heavy atom. The number of benzene rings is 1. The lowest BCUT2D eigenvalue weighted by Crippen LogP contribution is -2.46. The molecule has 114 valence electrons. The van der Waals surface area contributed by atoms with E-state index >= 15 is 0 Å². The maximum absolute atomic E-state index is 11.9. The van der Waals surface area contributed by atoms with Gasteiger partial charge >= 0.3 is 12.0 Å². The Balaban J connectivity index is 1.97. The van der Waals surface area contributed by atoms with Crippen LogP contribution < -0.4 is 10.6 Å². The molecule has 0 aliphatic heterocycles. The monoisotopic (exact) mass is 310 g/mol. The van der Waals surface area contributed by atoms with E-state index in [-0.39, 0.29) is 16.0 Å². The lowest BCUT2D eigenvalue weighted by atomic mass is 9.84. The SMILES string of the molecule is CSC1(CNC(=O)Nc2cccc(C(=O)O)c2O)CCC1. The number of anilines is 1. The molecule has 21 heavy (non-hydrogen) atoms. The minimum atomic E-state index is -1.24. The Labute approximate surface area is 126 Å². The number of thioether (sulfide) groups is 1. The summed E-state index contributed by atoms with van der Waals surface area (Å²) in [6, 6.07) is 3.74. The Morgan fingerprint density at radius 1 is 1.38 bits per heavy atom. The second-order valence-electron chi connectivity index (χ2n) is 5.06. The number of para-hydroxylation sites is 1. The predicted octanol–water partition coefficient (Wildman–Crippen LogP) is 2.50. The molecule has 1 fully saturated rings. The van der Waals surface area contributed by atoms with Gasteiger partial charge in [-0.25, -0.2) is 9.59 Å². The molecule has 1 aromatic carbocycles. The van der Waals surface area contributed by atoms with Crippen molar-refractivity contribution in [2.24, 2.45) is 0 Å². The Morgan fingerprint density at radius 3 is 2.62 bits per heavy atom. The van der Waals surface area contributed by atoms with Crippen LogP contribution in [0.15, 0.2) is 18.2 Å². The molecule has 2 rings (SSSR count). The fourth-order valence-corrected chi connectivity index (χ4v) is 3.16. The number of hydrogen-bond donors (Lipinski definition) is 4. The average molecular weight is 310 g/mol. The molecule has 0 bridgehead atoms. The normalized spacial score (nSPS) is 15.9. The van der Waals surface area contributed by atoms with E-state index in [1.54, 1.807) is 11.8 Å². The van der Waals surface area contributed by atoms with Crippen molar-refractivity contribution >= 4 is 29.4 Å². The summed E-state index contributed by atoms with van der Waals surface area (Å²) in [5.74, 6) is -1.68. The van der Waals surface area contributed by atoms with Crippen LogP contribution in [0.3, 0.4) is 0 Å². The van der Waals surface area contributed by atoms with Crippen molar-refractivity contribution in [3.8, 4) is 5.75 Å². The number of amides is 2. The number of urea groups is 1. The van der Waals surface area contributed by atoms with Gasteiger partial charge in [0.15, 0.2) is 5.75 Å². The number of rotatable bonds is 5. The van der Waals surface area contributed by atoms with Gasteiger partial charge in [0.25, 0.3) is 0 Å². The first-order valence-corrected chi connectivity index (χ1v) is 7.85. The molecule has 0 spiro atoms. The minimum absolute atomic E-state index is 0.0826. The van der Waals surface area contributed by atoms with Crippen molar-refractivity contribution in [3.05, 3.63) is 23.8 Å². The van der Waals surface area contributed by atoms with E-state index in [9.17, 15) is 14.7 Å². The molecular weight excluding hydrogens is 292 g/mol. The van der Waals surface area contributed by atoms with Crippen LogP contribution in [0.5, 0.6) is 5.75 Å². The van der Waals surface area contributed by atoms with Crippen molar-refractivity contribution in [1.82, 2.24) is 5.32 Å². The van der Waals surface area contributed by atoms with E-state index in [2.05, 4.69) is 10.6 Å². The molecule has 1 saturated carbocycles. The molecule has 6 nitrogen and oxygen atoms in total. The lowest BCUT2D eigenvalue weighted by molar-refractivity contribution is 0.0693. The van der Waals surface area contributed by atoms with Gasteiger partial charge in [-0.15, -0.1) is 0 Å². The first-order valence-electron chi connectivity index (χ1n) is 6.63. The number of carbonyl (C=O) groups excluding carboxylic acids is 1. The van der Waals surface area contributed by atoms with Gasteiger partial charge in [0, 0.05) is 11.3 Å². The first-order chi connectivity index (χ1) is 9.97. The number of nitrogens with one attached hydrogen (secondary N) is 2. The Kier molecular flexibility index (Phi) is 4.62. The second kappa shape index (κ2) is 6.26. The summed E-state index contributed by atoms with van der Waals surface area (Å²) in [6.07, 6.45) is 5.36. The summed E-state index contributed by atoms with van der Waals surface area (Å²) < 4.78 is 0.113. The molecule has 0 unspecified atom stereocenters. The third-order valence-corrected chi connectivity index (χ3v) is 5.20. The Bertz CT molecular complexity index is 552. The highest BCUT2D eigenvalue weighted by atomic mass is 32.2. The van der Waals surface area contributed by atoms with Gasteiger partial charge in [0.1, 0.15) is 5.56 Å². The summed E-state index contributed by atoms with van der Waals surface area (Å²) in [4.78, 5) is 22.8. The summed E-state index contributed by atoms with van der Waals surface area (Å²) in [5, 5.41) is 24.0. The number of hydrogen-bond acceptors (Lipinski definition) is 4. The fourth-order valence-electron chi connectivity index (χ4n) is 2.25. The zero-order valence-corrected chi connectivity index (χ0v) is 12.5. The lowest BCUT2D eigenvalue weighted by Gasteiger charge is -2.40. The van der Waals surface area contributed by atoms with E-state index in [0.717, 1.165) is 12.8 Å². The molecule has 1 aliphatic carbocycles. The van der Waals surface area contributed by atoms with Crippen LogP contribution in [0.2, 0.25) is 0 Å². The summed E-state index contributed by atoms with van der Waals surface area (Å²) in [7, 11) is 0. The van der Waals surface area contributed by atoms with Crippen LogP contribution >= 0.6 is 11.8 Å². The van der Waals surface area contributed by atoms with Crippen molar-refractivity contribution in [3.63, 3.8) is 0 Å². The number of carbonyl (C=O) groups is 2. The highest BCUT2D eigenvalue weighted by Gasteiger charge is 2.36. The summed E-state index contributed by atoms with van der Waals surface area (Å²) in [5.41, 5.74) is -0.161. The van der Waals surface area contributed by atoms with Gasteiger partial charge in [-0.2, -0.15) is 11.8 Å². The molecule has 7 heteroatoms. The van der Waals surface area contributed by atoms with Crippen LogP contribution in [0, 0.1) is 0 Å². The van der Waals surface area contributed by atoms with E-state index in [0.29, 0.717) is 6.54 Å². The maximum Gasteiger partial charge on any atom is 0.339 e. The first kappa shape index (κ1) is 15.5. The zero-order valence-electron chi connectivity index (χ0n) is 11.7. The third kappa shape index (κ3) is 3.41. The smallest absolute Gasteiger partial charge is 0.339 e. The molecule has 0 saturated heterocycles. The number of aromatic carboxylic acids is 1. The number of carboxylic acids is 1. The number of carboxylic acid groups (broad SMARTS) is 1. The van der Waals surface area contributed by atoms with Crippen LogP contribution in [-0.2, 0) is 0 Å². The van der Waals surface area contributed by atoms with E-state index in [1.165, 1.54) is 24.6 Å². The van der Waals surface area contributed by atoms with Gasteiger partial charge in [-0.1, -0.05) is 12.5 Å². The van der Waals surface area contributed by atoms with Gasteiger partial charge in [0.2, 0.25) is 0 Å². The van der Waals surface area contributed by atoms with Crippen molar-refractivity contribution in [1.29, 1.82) is 0 Å². The Hall–Kier alpha value is -1.89. The van der Waals surface area contributed by atoms with Gasteiger partial charge < -0.3 is 20.8 Å². The van der Waals surface area contributed by atoms with Crippen LogP contribution in [0.4, 0.5) is 10.5 Å². The maximum atomic E-state index is 11.9. The topological polar surface area (TPSA) is 98.7 Å². The van der Waals surface area contributed by atoms with Crippen molar-refractivity contribution in [2.45, 2.75) is 24.0 Å². The summed E-state index contributed by atoms with van der Waals surface area (Å²) >= 11 is 1.75. The third-order valence-electron chi connectivity index (χ3n) is 3.78. The minimum Gasteiger partial charge on any atom is -0.505 e. The van der Waals surface area contributed by atoms with Crippen LogP contribution in [0.25, 0.3) is 0 Å². The molecule has 2 amide bonds. The van der Waals surface area contributed by atoms with Gasteiger partial charge in [0.05, 0.1) is 5.69 Å². The quantitative estimate of drug-likeness (QED) is 0.626.